The van der Waals surface area contributed by atoms with Gasteiger partial charge in [-0.1, -0.05) is 23.2 Å². The number of aliphatic carboxylic acids is 1. The lowest BCUT2D eigenvalue weighted by atomic mass is 10.3. The van der Waals surface area contributed by atoms with E-state index in [2.05, 4.69) is 15.5 Å². The second-order valence-corrected chi connectivity index (χ2v) is 3.56. The monoisotopic (exact) mass is 265 g/mol. The summed E-state index contributed by atoms with van der Waals surface area (Å²) in [5.74, 6) is -1.07. The third kappa shape index (κ3) is 3.48. The predicted octanol–water partition coefficient (Wildman–Crippen LogP) is 1.29. The molecule has 0 aliphatic carbocycles. The first kappa shape index (κ1) is 13.0. The molecule has 16 heavy (non-hydrogen) atoms. The summed E-state index contributed by atoms with van der Waals surface area (Å²) < 4.78 is 4.73. The number of hydrogen-bond donors (Lipinski definition) is 2. The fourth-order valence-electron chi connectivity index (χ4n) is 0.951. The minimum atomic E-state index is -1.07. The zero-order chi connectivity index (χ0) is 12.1. The van der Waals surface area contributed by atoms with Gasteiger partial charge in [-0.25, -0.2) is 4.79 Å². The molecule has 0 aliphatic heterocycles. The highest BCUT2D eigenvalue weighted by molar-refractivity contribution is 6.33. The largest absolute Gasteiger partial charge is 0.479 e. The van der Waals surface area contributed by atoms with E-state index < -0.39 is 12.1 Å². The number of carbonyl (C=O) groups is 1. The number of ether oxygens (including phenoxy) is 1. The van der Waals surface area contributed by atoms with E-state index >= 15 is 0 Å². The van der Waals surface area contributed by atoms with Gasteiger partial charge >= 0.3 is 5.97 Å². The Morgan fingerprint density at radius 3 is 2.88 bits per heavy atom. The maximum absolute atomic E-state index is 10.7. The summed E-state index contributed by atoms with van der Waals surface area (Å²) in [6, 6.07) is 1.45. The van der Waals surface area contributed by atoms with Crippen molar-refractivity contribution in [1.29, 1.82) is 0 Å². The van der Waals surface area contributed by atoms with Crippen LogP contribution in [0.15, 0.2) is 6.07 Å². The maximum atomic E-state index is 10.7. The smallest absolute Gasteiger partial charge is 0.334 e. The molecule has 8 heteroatoms. The number of rotatable bonds is 5. The molecular formula is C8H9Cl2N3O3. The van der Waals surface area contributed by atoms with Crippen molar-refractivity contribution in [3.05, 3.63) is 16.4 Å². The number of carboxylic acid groups (broad SMARTS) is 1. The third-order valence-electron chi connectivity index (χ3n) is 1.76. The number of nitrogens with one attached hydrogen (secondary N) is 1. The van der Waals surface area contributed by atoms with Gasteiger partial charge in [0.25, 0.3) is 0 Å². The average molecular weight is 266 g/mol. The first-order valence-electron chi connectivity index (χ1n) is 4.22. The first-order valence-corrected chi connectivity index (χ1v) is 4.98. The Morgan fingerprint density at radius 1 is 1.62 bits per heavy atom. The van der Waals surface area contributed by atoms with Gasteiger partial charge in [0.2, 0.25) is 0 Å². The lowest BCUT2D eigenvalue weighted by Gasteiger charge is -2.12. The fourth-order valence-corrected chi connectivity index (χ4v) is 1.26. The van der Waals surface area contributed by atoms with Crippen LogP contribution in [0.4, 0.5) is 5.69 Å². The van der Waals surface area contributed by atoms with Crippen LogP contribution in [0.2, 0.25) is 10.3 Å². The molecule has 2 N–H and O–H groups in total. The van der Waals surface area contributed by atoms with E-state index in [9.17, 15) is 4.79 Å². The molecule has 1 aromatic rings. The van der Waals surface area contributed by atoms with Gasteiger partial charge in [-0.3, -0.25) is 0 Å². The van der Waals surface area contributed by atoms with Crippen molar-refractivity contribution in [2.75, 3.05) is 19.0 Å². The van der Waals surface area contributed by atoms with Gasteiger partial charge in [0.1, 0.15) is 0 Å². The Bertz CT molecular complexity index is 389. The summed E-state index contributed by atoms with van der Waals surface area (Å²) in [5, 5.41) is 18.8. The van der Waals surface area contributed by atoms with Gasteiger partial charge in [-0.2, -0.15) is 0 Å². The van der Waals surface area contributed by atoms with Crippen LogP contribution in [0, 0.1) is 0 Å². The lowest BCUT2D eigenvalue weighted by molar-refractivity contribution is -0.147. The van der Waals surface area contributed by atoms with Crippen LogP contribution in [0.25, 0.3) is 0 Å². The van der Waals surface area contributed by atoms with Crippen LogP contribution >= 0.6 is 23.2 Å². The molecule has 0 amide bonds. The number of anilines is 1. The Morgan fingerprint density at radius 2 is 2.31 bits per heavy atom. The molecule has 0 aliphatic rings. The van der Waals surface area contributed by atoms with E-state index in [4.69, 9.17) is 33.0 Å². The Labute approximate surface area is 102 Å². The Kier molecular flexibility index (Phi) is 4.72. The molecule has 1 aromatic heterocycles. The van der Waals surface area contributed by atoms with Gasteiger partial charge < -0.3 is 15.2 Å². The summed E-state index contributed by atoms with van der Waals surface area (Å²) in [5.41, 5.74) is 0.407. The fraction of sp³-hybridized carbons (Fsp3) is 0.375. The predicted molar refractivity (Wildman–Crippen MR) is 59.0 cm³/mol. The minimum Gasteiger partial charge on any atom is -0.479 e. The van der Waals surface area contributed by atoms with Crippen molar-refractivity contribution in [3.8, 4) is 0 Å². The number of hydrogen-bond acceptors (Lipinski definition) is 5. The molecule has 88 valence electrons. The Balaban J connectivity index is 2.66. The molecule has 0 aromatic carbocycles. The van der Waals surface area contributed by atoms with Crippen molar-refractivity contribution in [2.45, 2.75) is 6.10 Å². The molecule has 0 radical (unpaired) electrons. The van der Waals surface area contributed by atoms with Gasteiger partial charge in [-0.15, -0.1) is 10.2 Å². The van der Waals surface area contributed by atoms with Crippen molar-refractivity contribution >= 4 is 34.9 Å². The lowest BCUT2D eigenvalue weighted by Crippen LogP contribution is -2.30. The molecule has 1 rings (SSSR count). The number of aromatic nitrogens is 2. The van der Waals surface area contributed by atoms with Gasteiger partial charge in [0, 0.05) is 13.2 Å². The highest BCUT2D eigenvalue weighted by Gasteiger charge is 2.16. The summed E-state index contributed by atoms with van der Waals surface area (Å²) in [6.07, 6.45) is -0.969. The molecule has 0 saturated heterocycles. The summed E-state index contributed by atoms with van der Waals surface area (Å²) in [6.45, 7) is 0.0492. The van der Waals surface area contributed by atoms with E-state index in [1.54, 1.807) is 0 Å². The second kappa shape index (κ2) is 5.83. The van der Waals surface area contributed by atoms with Crippen LogP contribution in [0.1, 0.15) is 0 Å². The Hall–Kier alpha value is -1.11. The zero-order valence-electron chi connectivity index (χ0n) is 8.28. The molecule has 0 fully saturated rings. The van der Waals surface area contributed by atoms with E-state index in [0.717, 1.165) is 0 Å². The van der Waals surface area contributed by atoms with E-state index in [-0.39, 0.29) is 16.9 Å². The molecule has 1 atom stereocenters. The highest BCUT2D eigenvalue weighted by atomic mass is 35.5. The van der Waals surface area contributed by atoms with Crippen molar-refractivity contribution < 1.29 is 14.6 Å². The highest BCUT2D eigenvalue weighted by Crippen LogP contribution is 2.20. The number of carboxylic acids is 1. The van der Waals surface area contributed by atoms with Gasteiger partial charge in [0.05, 0.1) is 12.2 Å². The summed E-state index contributed by atoms with van der Waals surface area (Å²) in [4.78, 5) is 10.7. The SMILES string of the molecule is COC(CNc1cc(Cl)nnc1Cl)C(=O)O. The van der Waals surface area contributed by atoms with E-state index in [1.165, 1.54) is 13.2 Å². The first-order chi connectivity index (χ1) is 7.54. The van der Waals surface area contributed by atoms with Crippen LogP contribution in [-0.4, -0.2) is 41.0 Å². The van der Waals surface area contributed by atoms with Gasteiger partial charge in [-0.05, 0) is 0 Å². The minimum absolute atomic E-state index is 0.0492. The van der Waals surface area contributed by atoms with Crippen LogP contribution < -0.4 is 5.32 Å². The quantitative estimate of drug-likeness (QED) is 0.835. The number of halogens is 2. The second-order valence-electron chi connectivity index (χ2n) is 2.82. The summed E-state index contributed by atoms with van der Waals surface area (Å²) in [7, 11) is 1.31. The average Bonchev–Trinajstić information content (AvgIpc) is 2.23. The van der Waals surface area contributed by atoms with Crippen LogP contribution in [0.5, 0.6) is 0 Å². The molecule has 0 bridgehead atoms. The molecule has 0 saturated carbocycles. The van der Waals surface area contributed by atoms with Gasteiger partial charge in [0.15, 0.2) is 16.4 Å². The van der Waals surface area contributed by atoms with E-state index in [1.807, 2.05) is 0 Å². The maximum Gasteiger partial charge on any atom is 0.334 e. The molecule has 1 unspecified atom stereocenters. The third-order valence-corrected chi connectivity index (χ3v) is 2.22. The number of nitrogens with zero attached hydrogens (tertiary/aromatic N) is 2. The topological polar surface area (TPSA) is 84.3 Å². The van der Waals surface area contributed by atoms with E-state index in [0.29, 0.717) is 5.69 Å². The molecular weight excluding hydrogens is 257 g/mol. The normalized spacial score (nSPS) is 12.2. The number of methoxy groups -OCH3 is 1. The summed E-state index contributed by atoms with van der Waals surface area (Å²) >= 11 is 11.3. The van der Waals surface area contributed by atoms with Crippen molar-refractivity contribution in [2.24, 2.45) is 0 Å². The van der Waals surface area contributed by atoms with Crippen molar-refractivity contribution in [3.63, 3.8) is 0 Å². The molecule has 0 spiro atoms. The molecule has 1 heterocycles. The zero-order valence-corrected chi connectivity index (χ0v) is 9.79. The standard InChI is InChI=1S/C8H9Cl2N3O3/c1-16-5(8(14)15)3-11-4-2-6(9)12-13-7(4)10/h2,5H,3H2,1H3,(H,11,12)(H,14,15). The van der Waals surface area contributed by atoms with Crippen LogP contribution in [-0.2, 0) is 9.53 Å². The molecule has 6 nitrogen and oxygen atoms in total. The van der Waals surface area contributed by atoms with Crippen LogP contribution in [0.3, 0.4) is 0 Å². The van der Waals surface area contributed by atoms with Crippen molar-refractivity contribution in [1.82, 2.24) is 10.2 Å².